The highest BCUT2D eigenvalue weighted by Gasteiger charge is 2.44. The summed E-state index contributed by atoms with van der Waals surface area (Å²) < 4.78 is 35.8. The minimum Gasteiger partial charge on any atom is -0.375 e. The van der Waals surface area contributed by atoms with Crippen molar-refractivity contribution >= 4 is 10.1 Å². The SMILES string of the molecule is Cc1ccc(S(=O)(=O)OC2CCOC3(CCC3)C2)cc1. The highest BCUT2D eigenvalue weighted by molar-refractivity contribution is 7.86. The third-order valence-corrected chi connectivity index (χ3v) is 5.66. The molecular formula is C15H20O4S. The van der Waals surface area contributed by atoms with Gasteiger partial charge in [-0.1, -0.05) is 17.7 Å². The van der Waals surface area contributed by atoms with E-state index in [9.17, 15) is 8.42 Å². The highest BCUT2D eigenvalue weighted by Crippen LogP contribution is 2.43. The molecule has 1 aromatic rings. The topological polar surface area (TPSA) is 52.6 Å². The lowest BCUT2D eigenvalue weighted by Crippen LogP contribution is -2.48. The Bertz CT molecular complexity index is 572. The zero-order chi connectivity index (χ0) is 14.2. The molecule has 1 spiro atoms. The van der Waals surface area contributed by atoms with E-state index in [2.05, 4.69) is 0 Å². The first-order chi connectivity index (χ1) is 9.49. The highest BCUT2D eigenvalue weighted by atomic mass is 32.2. The van der Waals surface area contributed by atoms with E-state index in [1.807, 2.05) is 6.92 Å². The molecule has 3 rings (SSSR count). The molecule has 2 fully saturated rings. The zero-order valence-corrected chi connectivity index (χ0v) is 12.5. The second kappa shape index (κ2) is 5.13. The number of benzene rings is 1. The summed E-state index contributed by atoms with van der Waals surface area (Å²) in [5.41, 5.74) is 0.926. The van der Waals surface area contributed by atoms with Crippen LogP contribution in [0.4, 0.5) is 0 Å². The van der Waals surface area contributed by atoms with Gasteiger partial charge in [0.15, 0.2) is 0 Å². The average molecular weight is 296 g/mol. The molecule has 1 unspecified atom stereocenters. The summed E-state index contributed by atoms with van der Waals surface area (Å²) in [4.78, 5) is 0.234. The maximum Gasteiger partial charge on any atom is 0.297 e. The molecule has 1 heterocycles. The van der Waals surface area contributed by atoms with Gasteiger partial charge in [0.2, 0.25) is 0 Å². The molecule has 2 aliphatic rings. The van der Waals surface area contributed by atoms with Gasteiger partial charge < -0.3 is 4.74 Å². The van der Waals surface area contributed by atoms with Crippen LogP contribution >= 0.6 is 0 Å². The summed E-state index contributed by atoms with van der Waals surface area (Å²) in [6.07, 6.45) is 4.30. The van der Waals surface area contributed by atoms with Gasteiger partial charge in [-0.3, -0.25) is 4.18 Å². The van der Waals surface area contributed by atoms with Crippen LogP contribution in [0.1, 0.15) is 37.7 Å². The molecule has 0 aromatic heterocycles. The molecule has 0 N–H and O–H groups in total. The Morgan fingerprint density at radius 3 is 2.55 bits per heavy atom. The smallest absolute Gasteiger partial charge is 0.297 e. The van der Waals surface area contributed by atoms with Crippen LogP contribution in [0, 0.1) is 6.92 Å². The van der Waals surface area contributed by atoms with E-state index in [0.29, 0.717) is 19.4 Å². The molecule has 1 aliphatic heterocycles. The lowest BCUT2D eigenvalue weighted by atomic mass is 9.74. The van der Waals surface area contributed by atoms with Crippen molar-refractivity contribution in [3.8, 4) is 0 Å². The van der Waals surface area contributed by atoms with Crippen LogP contribution in [-0.4, -0.2) is 26.7 Å². The van der Waals surface area contributed by atoms with Crippen LogP contribution in [0.5, 0.6) is 0 Å². The maximum absolute atomic E-state index is 12.3. The Balaban J connectivity index is 1.71. The van der Waals surface area contributed by atoms with E-state index in [4.69, 9.17) is 8.92 Å². The summed E-state index contributed by atoms with van der Waals surface area (Å²) in [6.45, 7) is 2.52. The van der Waals surface area contributed by atoms with Crippen LogP contribution in [0.25, 0.3) is 0 Å². The molecule has 20 heavy (non-hydrogen) atoms. The van der Waals surface area contributed by atoms with Gasteiger partial charge in [-0.05, 0) is 44.7 Å². The van der Waals surface area contributed by atoms with E-state index >= 15 is 0 Å². The first-order valence-corrected chi connectivity index (χ1v) is 8.54. The Hall–Kier alpha value is -0.910. The number of ether oxygens (including phenoxy) is 1. The summed E-state index contributed by atoms with van der Waals surface area (Å²) in [6, 6.07) is 6.77. The summed E-state index contributed by atoms with van der Waals surface area (Å²) in [7, 11) is -3.67. The Labute approximate surface area is 120 Å². The summed E-state index contributed by atoms with van der Waals surface area (Å²) >= 11 is 0. The third-order valence-electron chi connectivity index (χ3n) is 4.28. The second-order valence-electron chi connectivity index (χ2n) is 5.86. The maximum atomic E-state index is 12.3. The van der Waals surface area contributed by atoms with E-state index in [1.54, 1.807) is 24.3 Å². The molecule has 1 atom stereocenters. The average Bonchev–Trinajstić information content (AvgIpc) is 2.37. The molecule has 4 nitrogen and oxygen atoms in total. The van der Waals surface area contributed by atoms with Crippen LogP contribution in [0.3, 0.4) is 0 Å². The lowest BCUT2D eigenvalue weighted by molar-refractivity contribution is -0.152. The molecule has 1 saturated heterocycles. The van der Waals surface area contributed by atoms with Crippen LogP contribution in [-0.2, 0) is 19.0 Å². The third kappa shape index (κ3) is 2.75. The predicted molar refractivity (Wildman–Crippen MR) is 75.0 cm³/mol. The quantitative estimate of drug-likeness (QED) is 0.805. The van der Waals surface area contributed by atoms with Crippen molar-refractivity contribution in [3.63, 3.8) is 0 Å². The van der Waals surface area contributed by atoms with Gasteiger partial charge in [0.25, 0.3) is 10.1 Å². The first-order valence-electron chi connectivity index (χ1n) is 7.13. The van der Waals surface area contributed by atoms with Crippen LogP contribution < -0.4 is 0 Å². The van der Waals surface area contributed by atoms with Gasteiger partial charge in [0.05, 0.1) is 16.6 Å². The molecule has 0 amide bonds. The second-order valence-corrected chi connectivity index (χ2v) is 7.44. The number of hydrogen-bond acceptors (Lipinski definition) is 4. The fraction of sp³-hybridized carbons (Fsp3) is 0.600. The molecular weight excluding hydrogens is 276 g/mol. The van der Waals surface area contributed by atoms with Crippen LogP contribution in [0.15, 0.2) is 29.2 Å². The molecule has 0 radical (unpaired) electrons. The first kappa shape index (κ1) is 14.0. The summed E-state index contributed by atoms with van der Waals surface area (Å²) in [5.74, 6) is 0. The van der Waals surface area contributed by atoms with Crippen molar-refractivity contribution < 1.29 is 17.3 Å². The molecule has 1 saturated carbocycles. The van der Waals surface area contributed by atoms with E-state index in [-0.39, 0.29) is 16.6 Å². The van der Waals surface area contributed by atoms with E-state index < -0.39 is 10.1 Å². The number of hydrogen-bond donors (Lipinski definition) is 0. The van der Waals surface area contributed by atoms with Crippen LogP contribution in [0.2, 0.25) is 0 Å². The van der Waals surface area contributed by atoms with Gasteiger partial charge in [0.1, 0.15) is 0 Å². The largest absolute Gasteiger partial charge is 0.375 e. The van der Waals surface area contributed by atoms with Crippen molar-refractivity contribution in [1.82, 2.24) is 0 Å². The van der Waals surface area contributed by atoms with Gasteiger partial charge in [-0.15, -0.1) is 0 Å². The Morgan fingerprint density at radius 1 is 1.25 bits per heavy atom. The zero-order valence-electron chi connectivity index (χ0n) is 11.7. The van der Waals surface area contributed by atoms with Gasteiger partial charge >= 0.3 is 0 Å². The van der Waals surface area contributed by atoms with Gasteiger partial charge in [0, 0.05) is 13.0 Å². The monoisotopic (exact) mass is 296 g/mol. The summed E-state index contributed by atoms with van der Waals surface area (Å²) in [5, 5.41) is 0. The van der Waals surface area contributed by atoms with Crippen molar-refractivity contribution in [3.05, 3.63) is 29.8 Å². The van der Waals surface area contributed by atoms with Crippen molar-refractivity contribution in [2.24, 2.45) is 0 Å². The van der Waals surface area contributed by atoms with Gasteiger partial charge in [-0.25, -0.2) is 0 Å². The van der Waals surface area contributed by atoms with Crippen molar-refractivity contribution in [1.29, 1.82) is 0 Å². The fourth-order valence-corrected chi connectivity index (χ4v) is 4.03. The standard InChI is InChI=1S/C15H20O4S/c1-12-3-5-14(6-4-12)20(16,17)19-13-7-10-18-15(11-13)8-2-9-15/h3-6,13H,2,7-11H2,1H3. The minimum atomic E-state index is -3.67. The van der Waals surface area contributed by atoms with Gasteiger partial charge in [-0.2, -0.15) is 8.42 Å². The molecule has 5 heteroatoms. The molecule has 0 bridgehead atoms. The van der Waals surface area contributed by atoms with Crippen molar-refractivity contribution in [2.75, 3.05) is 6.61 Å². The Kier molecular flexibility index (Phi) is 3.60. The number of rotatable bonds is 3. The van der Waals surface area contributed by atoms with E-state index in [1.165, 1.54) is 0 Å². The lowest BCUT2D eigenvalue weighted by Gasteiger charge is -2.46. The number of aryl methyl sites for hydroxylation is 1. The molecule has 110 valence electrons. The normalized spacial score (nSPS) is 25.4. The molecule has 1 aromatic carbocycles. The predicted octanol–water partition coefficient (Wildman–Crippen LogP) is 2.80. The minimum absolute atomic E-state index is 0.105. The Morgan fingerprint density at radius 2 is 1.95 bits per heavy atom. The molecule has 1 aliphatic carbocycles. The van der Waals surface area contributed by atoms with Crippen molar-refractivity contribution in [2.45, 2.75) is 55.6 Å². The van der Waals surface area contributed by atoms with E-state index in [0.717, 1.165) is 24.8 Å². The fourth-order valence-electron chi connectivity index (χ4n) is 2.92.